The number of hydrogen-bond acceptors (Lipinski definition) is 4. The van der Waals surface area contributed by atoms with Gasteiger partial charge in [-0.05, 0) is 18.6 Å². The minimum absolute atomic E-state index is 0.233. The van der Waals surface area contributed by atoms with Gasteiger partial charge >= 0.3 is 0 Å². The van der Waals surface area contributed by atoms with Crippen molar-refractivity contribution in [3.05, 3.63) is 46.8 Å². The average molecular weight is 276 g/mol. The van der Waals surface area contributed by atoms with E-state index in [-0.39, 0.29) is 11.4 Å². The summed E-state index contributed by atoms with van der Waals surface area (Å²) in [7, 11) is 0. The van der Waals surface area contributed by atoms with Gasteiger partial charge in [0.2, 0.25) is 5.88 Å². The van der Waals surface area contributed by atoms with E-state index in [1.54, 1.807) is 0 Å². The Morgan fingerprint density at radius 2 is 2.05 bits per heavy atom. The number of para-hydroxylation sites is 1. The highest BCUT2D eigenvalue weighted by atomic mass is 32.2. The molecular weight excluding hydrogens is 260 g/mol. The zero-order chi connectivity index (χ0) is 13.8. The zero-order valence-electron chi connectivity index (χ0n) is 10.9. The monoisotopic (exact) mass is 276 g/mol. The molecule has 0 saturated heterocycles. The molecule has 0 fully saturated rings. The smallest absolute Gasteiger partial charge is 0.262 e. The molecule has 1 aromatic carbocycles. The SMILES string of the molecule is CC[C@@H](C)Sc1nc(O)cc(=O)n1-c1ccccc1. The highest BCUT2D eigenvalue weighted by Crippen LogP contribution is 2.25. The van der Waals surface area contributed by atoms with Gasteiger partial charge < -0.3 is 5.11 Å². The summed E-state index contributed by atoms with van der Waals surface area (Å²) in [6.07, 6.45) is 0.963. The van der Waals surface area contributed by atoms with Crippen molar-refractivity contribution in [2.45, 2.75) is 30.7 Å². The number of benzene rings is 1. The van der Waals surface area contributed by atoms with E-state index < -0.39 is 0 Å². The van der Waals surface area contributed by atoms with E-state index in [1.807, 2.05) is 30.3 Å². The third-order valence-electron chi connectivity index (χ3n) is 2.77. The Labute approximate surface area is 116 Å². The Morgan fingerprint density at radius 3 is 2.68 bits per heavy atom. The molecule has 1 atom stereocenters. The molecule has 100 valence electrons. The van der Waals surface area contributed by atoms with Crippen LogP contribution in [0.3, 0.4) is 0 Å². The lowest BCUT2D eigenvalue weighted by Crippen LogP contribution is -2.20. The summed E-state index contributed by atoms with van der Waals surface area (Å²) in [5, 5.41) is 10.4. The molecule has 0 aliphatic rings. The van der Waals surface area contributed by atoms with Crippen LogP contribution >= 0.6 is 11.8 Å². The van der Waals surface area contributed by atoms with E-state index in [9.17, 15) is 9.90 Å². The molecule has 0 aliphatic heterocycles. The van der Waals surface area contributed by atoms with Gasteiger partial charge in [0.1, 0.15) is 0 Å². The third kappa shape index (κ3) is 3.17. The quantitative estimate of drug-likeness (QED) is 0.689. The molecule has 0 unspecified atom stereocenters. The van der Waals surface area contributed by atoms with Crippen molar-refractivity contribution in [1.82, 2.24) is 9.55 Å². The first-order valence-corrected chi connectivity index (χ1v) is 7.05. The molecule has 5 heteroatoms. The first kappa shape index (κ1) is 13.7. The summed E-state index contributed by atoms with van der Waals surface area (Å²) in [5.41, 5.74) is 0.482. The van der Waals surface area contributed by atoms with Gasteiger partial charge in [0, 0.05) is 5.25 Å². The topological polar surface area (TPSA) is 55.1 Å². The molecule has 4 nitrogen and oxygen atoms in total. The minimum Gasteiger partial charge on any atom is -0.493 e. The zero-order valence-corrected chi connectivity index (χ0v) is 11.7. The number of nitrogens with zero attached hydrogens (tertiary/aromatic N) is 2. The standard InChI is InChI=1S/C14H16N2O2S/c1-3-10(2)19-14-15-12(17)9-13(18)16(14)11-7-5-4-6-8-11/h4-10,17H,3H2,1-2H3/t10-/m1/s1. The molecule has 2 aromatic rings. The van der Waals surface area contributed by atoms with Crippen LogP contribution in [-0.2, 0) is 0 Å². The predicted molar refractivity (Wildman–Crippen MR) is 77.1 cm³/mol. The lowest BCUT2D eigenvalue weighted by molar-refractivity contribution is 0.440. The van der Waals surface area contributed by atoms with Crippen LogP contribution in [0, 0.1) is 0 Å². The lowest BCUT2D eigenvalue weighted by Gasteiger charge is -2.14. The van der Waals surface area contributed by atoms with Crippen molar-refractivity contribution in [1.29, 1.82) is 0 Å². The first-order chi connectivity index (χ1) is 9.11. The molecular formula is C14H16N2O2S. The molecule has 0 saturated carbocycles. The van der Waals surface area contributed by atoms with Crippen LogP contribution in [0.15, 0.2) is 46.3 Å². The van der Waals surface area contributed by atoms with Gasteiger partial charge in [-0.3, -0.25) is 9.36 Å². The van der Waals surface area contributed by atoms with E-state index in [4.69, 9.17) is 0 Å². The number of aromatic nitrogens is 2. The Bertz CT molecular complexity index is 611. The Kier molecular flexibility index (Phi) is 4.27. The van der Waals surface area contributed by atoms with E-state index >= 15 is 0 Å². The summed E-state index contributed by atoms with van der Waals surface area (Å²) < 4.78 is 1.52. The van der Waals surface area contributed by atoms with E-state index in [1.165, 1.54) is 16.3 Å². The molecule has 2 rings (SSSR count). The van der Waals surface area contributed by atoms with Gasteiger partial charge in [0.15, 0.2) is 5.16 Å². The Balaban J connectivity index is 2.55. The fraction of sp³-hybridized carbons (Fsp3) is 0.286. The van der Waals surface area contributed by atoms with Crippen LogP contribution in [0.1, 0.15) is 20.3 Å². The van der Waals surface area contributed by atoms with Crippen molar-refractivity contribution < 1.29 is 5.11 Å². The van der Waals surface area contributed by atoms with Crippen molar-refractivity contribution in [2.24, 2.45) is 0 Å². The maximum Gasteiger partial charge on any atom is 0.262 e. The minimum atomic E-state index is -0.274. The summed E-state index contributed by atoms with van der Waals surface area (Å²) in [5.74, 6) is -0.233. The van der Waals surface area contributed by atoms with E-state index in [0.29, 0.717) is 10.4 Å². The normalized spacial score (nSPS) is 12.3. The second-order valence-corrected chi connectivity index (χ2v) is 5.65. The fourth-order valence-corrected chi connectivity index (χ4v) is 2.58. The molecule has 0 spiro atoms. The van der Waals surface area contributed by atoms with E-state index in [2.05, 4.69) is 18.8 Å². The predicted octanol–water partition coefficient (Wildman–Crippen LogP) is 2.83. The second-order valence-electron chi connectivity index (χ2n) is 4.24. The van der Waals surface area contributed by atoms with Gasteiger partial charge in [-0.25, -0.2) is 0 Å². The fourth-order valence-electron chi connectivity index (χ4n) is 1.61. The summed E-state index contributed by atoms with van der Waals surface area (Å²) in [4.78, 5) is 16.2. The summed E-state index contributed by atoms with van der Waals surface area (Å²) >= 11 is 1.49. The second kappa shape index (κ2) is 5.93. The number of hydrogen-bond donors (Lipinski definition) is 1. The Hall–Kier alpha value is -1.75. The summed E-state index contributed by atoms with van der Waals surface area (Å²) in [6.45, 7) is 4.14. The van der Waals surface area contributed by atoms with Crippen molar-refractivity contribution in [3.8, 4) is 11.6 Å². The van der Waals surface area contributed by atoms with Gasteiger partial charge in [0.05, 0.1) is 11.8 Å². The molecule has 0 amide bonds. The molecule has 1 N–H and O–H groups in total. The van der Waals surface area contributed by atoms with Crippen LogP contribution < -0.4 is 5.56 Å². The largest absolute Gasteiger partial charge is 0.493 e. The molecule has 0 aliphatic carbocycles. The number of thioether (sulfide) groups is 1. The van der Waals surface area contributed by atoms with Crippen LogP contribution in [0.2, 0.25) is 0 Å². The average Bonchev–Trinajstić information content (AvgIpc) is 2.39. The van der Waals surface area contributed by atoms with Gasteiger partial charge in [-0.15, -0.1) is 0 Å². The molecule has 19 heavy (non-hydrogen) atoms. The van der Waals surface area contributed by atoms with Crippen LogP contribution in [0.4, 0.5) is 0 Å². The number of rotatable bonds is 4. The number of aromatic hydroxyl groups is 1. The third-order valence-corrected chi connectivity index (χ3v) is 3.99. The van der Waals surface area contributed by atoms with Crippen molar-refractivity contribution in [3.63, 3.8) is 0 Å². The molecule has 1 heterocycles. The van der Waals surface area contributed by atoms with Crippen molar-refractivity contribution >= 4 is 11.8 Å². The van der Waals surface area contributed by atoms with Gasteiger partial charge in [-0.1, -0.05) is 43.8 Å². The summed E-state index contributed by atoms with van der Waals surface area (Å²) in [6, 6.07) is 10.5. The van der Waals surface area contributed by atoms with Crippen LogP contribution in [0.25, 0.3) is 5.69 Å². The van der Waals surface area contributed by atoms with Crippen molar-refractivity contribution in [2.75, 3.05) is 0 Å². The lowest BCUT2D eigenvalue weighted by atomic mass is 10.3. The highest BCUT2D eigenvalue weighted by Gasteiger charge is 2.13. The Morgan fingerprint density at radius 1 is 1.37 bits per heavy atom. The van der Waals surface area contributed by atoms with Gasteiger partial charge in [-0.2, -0.15) is 4.98 Å². The van der Waals surface area contributed by atoms with E-state index in [0.717, 1.165) is 18.2 Å². The maximum absolute atomic E-state index is 12.1. The first-order valence-electron chi connectivity index (χ1n) is 6.17. The molecule has 1 aromatic heterocycles. The maximum atomic E-state index is 12.1. The molecule has 0 bridgehead atoms. The van der Waals surface area contributed by atoms with Gasteiger partial charge in [0.25, 0.3) is 5.56 Å². The highest BCUT2D eigenvalue weighted by molar-refractivity contribution is 7.99. The van der Waals surface area contributed by atoms with Crippen LogP contribution in [0.5, 0.6) is 5.88 Å². The van der Waals surface area contributed by atoms with Crippen LogP contribution in [-0.4, -0.2) is 19.9 Å². The molecule has 0 radical (unpaired) electrons.